The molecule has 0 aromatic heterocycles. The second-order valence-corrected chi connectivity index (χ2v) is 14.6. The van der Waals surface area contributed by atoms with Gasteiger partial charge in [-0.2, -0.15) is 0 Å². The van der Waals surface area contributed by atoms with Crippen LogP contribution in [0.2, 0.25) is 0 Å². The van der Waals surface area contributed by atoms with Crippen LogP contribution in [-0.2, 0) is 4.79 Å². The average molecular weight is 581 g/mol. The van der Waals surface area contributed by atoms with Crippen molar-refractivity contribution in [3.63, 3.8) is 0 Å². The van der Waals surface area contributed by atoms with Gasteiger partial charge in [-0.05, 0) is 60.7 Å². The third kappa shape index (κ3) is 6.23. The molecule has 5 rings (SSSR count). The fraction of sp³-hybridized carbons (Fsp3) is 0.0294. The summed E-state index contributed by atoms with van der Waals surface area (Å²) < 4.78 is 14.9. The minimum atomic E-state index is -2.72. The molecule has 0 saturated carbocycles. The molecule has 0 spiro atoms. The predicted octanol–water partition coefficient (Wildman–Crippen LogP) is 7.78. The van der Waals surface area contributed by atoms with Crippen molar-refractivity contribution in [1.29, 1.82) is 0 Å². The Labute approximate surface area is 244 Å². The van der Waals surface area contributed by atoms with Crippen molar-refractivity contribution in [3.05, 3.63) is 161 Å². The number of benzene rings is 5. The number of amides is 1. The van der Waals surface area contributed by atoms with E-state index in [1.807, 2.05) is 91.0 Å². The number of carbonyl (C=O) groups is 1. The van der Waals surface area contributed by atoms with E-state index in [9.17, 15) is 9.18 Å². The third-order valence-corrected chi connectivity index (χ3v) is 13.1. The molecular formula is C34H28FNOPS2+. The zero-order valence-electron chi connectivity index (χ0n) is 21.7. The lowest BCUT2D eigenvalue weighted by atomic mass is 10.4. The Morgan fingerprint density at radius 1 is 0.550 bits per heavy atom. The van der Waals surface area contributed by atoms with Gasteiger partial charge >= 0.3 is 0 Å². The van der Waals surface area contributed by atoms with E-state index in [2.05, 4.69) is 66.0 Å². The lowest BCUT2D eigenvalue weighted by Gasteiger charge is -2.31. The minimum absolute atomic E-state index is 0.665. The first-order valence-corrected chi connectivity index (χ1v) is 16.3. The molecule has 1 amide bonds. The summed E-state index contributed by atoms with van der Waals surface area (Å²) in [5.41, 5.74) is 0.724. The molecule has 40 heavy (non-hydrogen) atoms. The Hall–Kier alpha value is -3.63. The van der Waals surface area contributed by atoms with E-state index in [1.165, 1.54) is 0 Å². The lowest BCUT2D eigenvalue weighted by molar-refractivity contribution is -0.121. The van der Waals surface area contributed by atoms with Crippen LogP contribution >= 0.6 is 30.8 Å². The Morgan fingerprint density at radius 2 is 0.875 bits per heavy atom. The molecule has 198 valence electrons. The van der Waals surface area contributed by atoms with Crippen LogP contribution in [0.15, 0.2) is 171 Å². The van der Waals surface area contributed by atoms with Gasteiger partial charge in [0.05, 0.1) is 0 Å². The van der Waals surface area contributed by atoms with Gasteiger partial charge in [-0.25, -0.2) is 4.39 Å². The van der Waals surface area contributed by atoms with Crippen molar-refractivity contribution in [2.45, 2.75) is 9.79 Å². The van der Waals surface area contributed by atoms with Gasteiger partial charge in [-0.15, -0.1) is 0 Å². The normalized spacial score (nSPS) is 11.0. The van der Waals surface area contributed by atoms with Crippen molar-refractivity contribution in [1.82, 2.24) is 5.32 Å². The van der Waals surface area contributed by atoms with Gasteiger partial charge in [-0.1, -0.05) is 115 Å². The van der Waals surface area contributed by atoms with Gasteiger partial charge in [0.2, 0.25) is 0 Å². The monoisotopic (exact) mass is 580 g/mol. The molecule has 0 aliphatic rings. The fourth-order valence-electron chi connectivity index (χ4n) is 4.54. The summed E-state index contributed by atoms with van der Waals surface area (Å²) in [6, 6.07) is 51.0. The fourth-order valence-corrected chi connectivity index (χ4v) is 11.8. The Balaban J connectivity index is 1.91. The molecule has 0 aliphatic heterocycles. The average Bonchev–Trinajstić information content (AvgIpc) is 3.03. The number of alkyl halides is 1. The molecule has 0 atom stereocenters. The molecule has 5 aromatic rings. The van der Waals surface area contributed by atoms with Gasteiger partial charge in [0.15, 0.2) is 19.4 Å². The highest BCUT2D eigenvalue weighted by Crippen LogP contribution is 2.65. The zero-order valence-corrected chi connectivity index (χ0v) is 24.2. The largest absolute Gasteiger partial charge is 0.292 e. The molecule has 0 aliphatic carbocycles. The number of hydrogen-bond acceptors (Lipinski definition) is 3. The Kier molecular flexibility index (Phi) is 9.51. The maximum absolute atomic E-state index is 14.0. The number of halogens is 1. The minimum Gasteiger partial charge on any atom is -0.292 e. The Bertz CT molecular complexity index is 1410. The maximum atomic E-state index is 14.0. The first-order chi connectivity index (χ1) is 19.7. The second-order valence-electron chi connectivity index (χ2n) is 8.83. The molecule has 0 unspecified atom stereocenters. The van der Waals surface area contributed by atoms with Crippen LogP contribution in [0.25, 0.3) is 0 Å². The van der Waals surface area contributed by atoms with Gasteiger partial charge in [0.25, 0.3) is 5.91 Å². The SMILES string of the molecule is O=C(CF)NC(=C(Sc1ccccc1)Sc1ccccc1)[P+](c1ccccc1)(c1ccccc1)c1ccccc1. The van der Waals surface area contributed by atoms with E-state index in [0.717, 1.165) is 35.4 Å². The molecule has 6 heteroatoms. The molecule has 0 bridgehead atoms. The summed E-state index contributed by atoms with van der Waals surface area (Å²) >= 11 is 3.18. The van der Waals surface area contributed by atoms with E-state index in [1.54, 1.807) is 23.5 Å². The summed E-state index contributed by atoms with van der Waals surface area (Å²) in [6.45, 7) is -1.11. The van der Waals surface area contributed by atoms with Crippen LogP contribution in [-0.4, -0.2) is 12.6 Å². The standard InChI is InChI=1S/C34H27FNOPS2/c35-26-32(37)36-33(34(39-30-22-12-4-13-23-30)40-31-24-14-5-15-25-31)38(27-16-6-1-7-17-27,28-18-8-2-9-19-28)29-20-10-3-11-21-29/h1-25H,26H2/p+1. The highest BCUT2D eigenvalue weighted by molar-refractivity contribution is 8.23. The van der Waals surface area contributed by atoms with Crippen molar-refractivity contribution < 1.29 is 9.18 Å². The van der Waals surface area contributed by atoms with E-state index >= 15 is 0 Å². The maximum Gasteiger partial charge on any atom is 0.258 e. The summed E-state index contributed by atoms with van der Waals surface area (Å²) in [5.74, 6) is -0.665. The number of thioether (sulfide) groups is 2. The summed E-state index contributed by atoms with van der Waals surface area (Å²) in [4.78, 5) is 15.1. The molecule has 0 heterocycles. The van der Waals surface area contributed by atoms with Gasteiger partial charge < -0.3 is 0 Å². The lowest BCUT2D eigenvalue weighted by Crippen LogP contribution is -2.39. The topological polar surface area (TPSA) is 29.1 Å². The zero-order chi connectivity index (χ0) is 27.6. The van der Waals surface area contributed by atoms with Gasteiger partial charge in [0, 0.05) is 9.79 Å². The first-order valence-electron chi connectivity index (χ1n) is 12.8. The molecular weight excluding hydrogens is 552 g/mol. The summed E-state index contributed by atoms with van der Waals surface area (Å²) in [5, 5.41) is 6.33. The highest BCUT2D eigenvalue weighted by atomic mass is 32.2. The van der Waals surface area contributed by atoms with Crippen LogP contribution in [0.1, 0.15) is 0 Å². The number of hydrogen-bond donors (Lipinski definition) is 1. The molecule has 5 aromatic carbocycles. The van der Waals surface area contributed by atoms with Crippen molar-refractivity contribution >= 4 is 52.6 Å². The molecule has 0 radical (unpaired) electrons. The smallest absolute Gasteiger partial charge is 0.258 e. The van der Waals surface area contributed by atoms with Crippen LogP contribution < -0.4 is 21.2 Å². The quantitative estimate of drug-likeness (QED) is 0.135. The number of rotatable bonds is 10. The van der Waals surface area contributed by atoms with Crippen molar-refractivity contribution in [3.8, 4) is 0 Å². The predicted molar refractivity (Wildman–Crippen MR) is 171 cm³/mol. The number of nitrogens with one attached hydrogen (secondary N) is 1. The summed E-state index contributed by atoms with van der Waals surface area (Å²) in [6.07, 6.45) is 0. The van der Waals surface area contributed by atoms with Crippen LogP contribution in [0.5, 0.6) is 0 Å². The molecule has 0 saturated heterocycles. The molecule has 0 fully saturated rings. The van der Waals surface area contributed by atoms with Gasteiger partial charge in [0.1, 0.15) is 20.2 Å². The van der Waals surface area contributed by atoms with Crippen LogP contribution in [0, 0.1) is 0 Å². The summed E-state index contributed by atoms with van der Waals surface area (Å²) in [7, 11) is -2.72. The van der Waals surface area contributed by atoms with Crippen molar-refractivity contribution in [2.75, 3.05) is 6.67 Å². The van der Waals surface area contributed by atoms with Crippen LogP contribution in [0.4, 0.5) is 4.39 Å². The highest BCUT2D eigenvalue weighted by Gasteiger charge is 2.52. The second kappa shape index (κ2) is 13.6. The van der Waals surface area contributed by atoms with E-state index < -0.39 is 19.8 Å². The van der Waals surface area contributed by atoms with E-state index in [4.69, 9.17) is 0 Å². The van der Waals surface area contributed by atoms with Gasteiger partial charge in [-0.3, -0.25) is 10.1 Å². The third-order valence-electron chi connectivity index (χ3n) is 6.25. The van der Waals surface area contributed by atoms with E-state index in [0.29, 0.717) is 0 Å². The molecule has 1 N–H and O–H groups in total. The van der Waals surface area contributed by atoms with Crippen LogP contribution in [0.3, 0.4) is 0 Å². The molecule has 2 nitrogen and oxygen atoms in total. The Morgan fingerprint density at radius 3 is 1.20 bits per heavy atom. The first kappa shape index (κ1) is 27.9. The van der Waals surface area contributed by atoms with E-state index in [-0.39, 0.29) is 0 Å². The van der Waals surface area contributed by atoms with Crippen molar-refractivity contribution in [2.24, 2.45) is 0 Å². The number of carbonyl (C=O) groups excluding carboxylic acids is 1.